The predicted octanol–water partition coefficient (Wildman–Crippen LogP) is 3.06. The number of rotatable bonds is 8. The predicted molar refractivity (Wildman–Crippen MR) is 103 cm³/mol. The molecule has 2 unspecified atom stereocenters. The third kappa shape index (κ3) is 5.33. The first-order valence-corrected chi connectivity index (χ1v) is 9.33. The molecule has 1 aliphatic rings. The van der Waals surface area contributed by atoms with Gasteiger partial charge in [-0.1, -0.05) is 42.5 Å². The summed E-state index contributed by atoms with van der Waals surface area (Å²) in [5.74, 6) is -0.0932. The molecule has 2 aromatic rings. The van der Waals surface area contributed by atoms with E-state index in [1.165, 1.54) is 18.2 Å². The number of carbonyl (C=O) groups is 2. The zero-order chi connectivity index (χ0) is 19.1. The molecule has 0 bridgehead atoms. The van der Waals surface area contributed by atoms with E-state index in [0.29, 0.717) is 5.75 Å². The number of aryl methyl sites for hydroxylation is 2. The van der Waals surface area contributed by atoms with Gasteiger partial charge in [-0.2, -0.15) is 0 Å². The standard InChI is InChI=1S/C22H25NO4/c1-26-22(25)19-15-20(21(24)23-19)27-18-13-11-17(12-14-18)10-6-5-9-16-7-3-2-4-8-16/h2-4,7-8,11-14,19-20H,5-6,9-10,15H2,1H3,(H,23,24). The topological polar surface area (TPSA) is 64.6 Å². The summed E-state index contributed by atoms with van der Waals surface area (Å²) in [5, 5.41) is 2.60. The molecule has 2 atom stereocenters. The van der Waals surface area contributed by atoms with E-state index in [-0.39, 0.29) is 12.3 Å². The highest BCUT2D eigenvalue weighted by atomic mass is 16.5. The fourth-order valence-electron chi connectivity index (χ4n) is 3.25. The highest BCUT2D eigenvalue weighted by molar-refractivity contribution is 5.91. The molecule has 1 N–H and O–H groups in total. The van der Waals surface area contributed by atoms with Gasteiger partial charge in [0.15, 0.2) is 6.10 Å². The van der Waals surface area contributed by atoms with Crippen molar-refractivity contribution in [2.45, 2.75) is 44.2 Å². The molecule has 0 spiro atoms. The van der Waals surface area contributed by atoms with Crippen molar-refractivity contribution in [3.8, 4) is 5.75 Å². The van der Waals surface area contributed by atoms with Crippen LogP contribution in [0.3, 0.4) is 0 Å². The average molecular weight is 367 g/mol. The molecule has 0 radical (unpaired) electrons. The molecule has 0 aliphatic carbocycles. The molecular weight excluding hydrogens is 342 g/mol. The molecule has 5 heteroatoms. The van der Waals surface area contributed by atoms with Gasteiger partial charge in [-0.15, -0.1) is 0 Å². The molecule has 3 rings (SSSR count). The van der Waals surface area contributed by atoms with Gasteiger partial charge in [-0.05, 0) is 48.9 Å². The number of amides is 1. The minimum absolute atomic E-state index is 0.282. The first-order chi connectivity index (χ1) is 13.2. The van der Waals surface area contributed by atoms with Gasteiger partial charge in [0, 0.05) is 6.42 Å². The normalized spacial score (nSPS) is 18.8. The van der Waals surface area contributed by atoms with Gasteiger partial charge in [0.1, 0.15) is 11.8 Å². The van der Waals surface area contributed by atoms with Gasteiger partial charge in [-0.25, -0.2) is 4.79 Å². The van der Waals surface area contributed by atoms with Crippen LogP contribution in [0.2, 0.25) is 0 Å². The Morgan fingerprint density at radius 2 is 1.63 bits per heavy atom. The van der Waals surface area contributed by atoms with Crippen LogP contribution in [0.5, 0.6) is 5.75 Å². The molecular formula is C22H25NO4. The second-order valence-corrected chi connectivity index (χ2v) is 6.76. The van der Waals surface area contributed by atoms with Gasteiger partial charge >= 0.3 is 5.97 Å². The summed E-state index contributed by atoms with van der Waals surface area (Å²) in [7, 11) is 1.31. The number of carbonyl (C=O) groups excluding carboxylic acids is 2. The maximum atomic E-state index is 11.9. The molecule has 27 heavy (non-hydrogen) atoms. The lowest BCUT2D eigenvalue weighted by molar-refractivity contribution is -0.143. The molecule has 2 aromatic carbocycles. The summed E-state index contributed by atoms with van der Waals surface area (Å²) < 4.78 is 10.4. The van der Waals surface area contributed by atoms with Crippen molar-refractivity contribution in [1.29, 1.82) is 0 Å². The summed E-state index contributed by atoms with van der Waals surface area (Å²) in [6.07, 6.45) is 4.01. The third-order valence-electron chi connectivity index (χ3n) is 4.77. The number of ether oxygens (including phenoxy) is 2. The molecule has 1 heterocycles. The van der Waals surface area contributed by atoms with Gasteiger partial charge < -0.3 is 14.8 Å². The number of esters is 1. The largest absolute Gasteiger partial charge is 0.481 e. The SMILES string of the molecule is COC(=O)C1CC(Oc2ccc(CCCCc3ccccc3)cc2)C(=O)N1. The molecule has 0 aromatic heterocycles. The maximum Gasteiger partial charge on any atom is 0.328 e. The van der Waals surface area contributed by atoms with Crippen molar-refractivity contribution in [3.63, 3.8) is 0 Å². The van der Waals surface area contributed by atoms with Crippen molar-refractivity contribution >= 4 is 11.9 Å². The van der Waals surface area contributed by atoms with Gasteiger partial charge in [0.25, 0.3) is 5.91 Å². The Bertz CT molecular complexity index is 758. The molecule has 0 saturated carbocycles. The minimum Gasteiger partial charge on any atom is -0.481 e. The van der Waals surface area contributed by atoms with Crippen LogP contribution in [-0.4, -0.2) is 31.1 Å². The smallest absolute Gasteiger partial charge is 0.328 e. The lowest BCUT2D eigenvalue weighted by Gasteiger charge is -2.11. The fourth-order valence-corrected chi connectivity index (χ4v) is 3.25. The molecule has 1 amide bonds. The third-order valence-corrected chi connectivity index (χ3v) is 4.77. The van der Waals surface area contributed by atoms with Crippen molar-refractivity contribution in [1.82, 2.24) is 5.32 Å². The molecule has 1 fully saturated rings. The maximum absolute atomic E-state index is 11.9. The van der Waals surface area contributed by atoms with E-state index >= 15 is 0 Å². The van der Waals surface area contributed by atoms with Crippen LogP contribution in [0, 0.1) is 0 Å². The van der Waals surface area contributed by atoms with E-state index in [4.69, 9.17) is 4.74 Å². The average Bonchev–Trinajstić information content (AvgIpc) is 3.07. The number of unbranched alkanes of at least 4 members (excludes halogenated alkanes) is 1. The quantitative estimate of drug-likeness (QED) is 0.575. The van der Waals surface area contributed by atoms with Crippen LogP contribution in [-0.2, 0) is 27.2 Å². The zero-order valence-corrected chi connectivity index (χ0v) is 15.5. The molecule has 1 saturated heterocycles. The summed E-state index contributed by atoms with van der Waals surface area (Å²) in [5.41, 5.74) is 2.63. The molecule has 1 aliphatic heterocycles. The highest BCUT2D eigenvalue weighted by Gasteiger charge is 2.38. The summed E-state index contributed by atoms with van der Waals surface area (Å²) in [6.45, 7) is 0. The Balaban J connectivity index is 1.43. The van der Waals surface area contributed by atoms with Gasteiger partial charge in [0.2, 0.25) is 0 Å². The van der Waals surface area contributed by atoms with Crippen molar-refractivity contribution in [2.75, 3.05) is 7.11 Å². The first-order valence-electron chi connectivity index (χ1n) is 9.33. The Morgan fingerprint density at radius 1 is 1.00 bits per heavy atom. The minimum atomic E-state index is -0.661. The van der Waals surface area contributed by atoms with Crippen molar-refractivity contribution in [3.05, 3.63) is 65.7 Å². The molecule has 5 nitrogen and oxygen atoms in total. The summed E-state index contributed by atoms with van der Waals surface area (Å²) in [6, 6.07) is 17.7. The number of hydrogen-bond acceptors (Lipinski definition) is 4. The van der Waals surface area contributed by atoms with Crippen LogP contribution in [0.25, 0.3) is 0 Å². The van der Waals surface area contributed by atoms with Crippen LogP contribution in [0.15, 0.2) is 54.6 Å². The van der Waals surface area contributed by atoms with E-state index < -0.39 is 18.1 Å². The van der Waals surface area contributed by atoms with Crippen LogP contribution >= 0.6 is 0 Å². The Labute approximate surface area is 159 Å². The number of benzene rings is 2. The number of hydrogen-bond donors (Lipinski definition) is 1. The summed E-state index contributed by atoms with van der Waals surface area (Å²) in [4.78, 5) is 23.4. The lowest BCUT2D eigenvalue weighted by atomic mass is 10.0. The summed E-state index contributed by atoms with van der Waals surface area (Å²) >= 11 is 0. The Kier molecular flexibility index (Phi) is 6.47. The second kappa shape index (κ2) is 9.21. The Hall–Kier alpha value is -2.82. The zero-order valence-electron chi connectivity index (χ0n) is 15.5. The van der Waals surface area contributed by atoms with Gasteiger partial charge in [0.05, 0.1) is 7.11 Å². The fraction of sp³-hybridized carbons (Fsp3) is 0.364. The van der Waals surface area contributed by atoms with E-state index in [0.717, 1.165) is 25.7 Å². The first kappa shape index (κ1) is 19.0. The number of nitrogens with one attached hydrogen (secondary N) is 1. The second-order valence-electron chi connectivity index (χ2n) is 6.76. The van der Waals surface area contributed by atoms with Gasteiger partial charge in [-0.3, -0.25) is 4.79 Å². The van der Waals surface area contributed by atoms with E-state index in [1.807, 2.05) is 30.3 Å². The van der Waals surface area contributed by atoms with Crippen LogP contribution < -0.4 is 10.1 Å². The Morgan fingerprint density at radius 3 is 2.26 bits per heavy atom. The van der Waals surface area contributed by atoms with E-state index in [2.05, 4.69) is 34.3 Å². The molecule has 142 valence electrons. The highest BCUT2D eigenvalue weighted by Crippen LogP contribution is 2.20. The van der Waals surface area contributed by atoms with E-state index in [9.17, 15) is 9.59 Å². The van der Waals surface area contributed by atoms with Crippen molar-refractivity contribution in [2.24, 2.45) is 0 Å². The van der Waals surface area contributed by atoms with Crippen LogP contribution in [0.1, 0.15) is 30.4 Å². The lowest BCUT2D eigenvalue weighted by Crippen LogP contribution is -2.34. The van der Waals surface area contributed by atoms with Crippen molar-refractivity contribution < 1.29 is 19.1 Å². The van der Waals surface area contributed by atoms with E-state index in [1.54, 1.807) is 0 Å². The monoisotopic (exact) mass is 367 g/mol. The number of methoxy groups -OCH3 is 1. The van der Waals surface area contributed by atoms with Crippen LogP contribution in [0.4, 0.5) is 0 Å².